The van der Waals surface area contributed by atoms with Gasteiger partial charge in [0.05, 0.1) is 28.1 Å². The average Bonchev–Trinajstić information content (AvgIpc) is 2.94. The van der Waals surface area contributed by atoms with Gasteiger partial charge in [0.1, 0.15) is 0 Å². The smallest absolute Gasteiger partial charge is 0.270 e. The maximum atomic E-state index is 16.2. The first-order chi connectivity index (χ1) is 17.7. The lowest BCUT2D eigenvalue weighted by Crippen LogP contribution is -2.35. The topological polar surface area (TPSA) is 23.6 Å². The number of anilines is 4. The van der Waals surface area contributed by atoms with E-state index in [1.54, 1.807) is 23.5 Å². The highest BCUT2D eigenvalue weighted by Gasteiger charge is 2.46. The highest BCUT2D eigenvalue weighted by molar-refractivity contribution is 8.00. The van der Waals surface area contributed by atoms with Gasteiger partial charge in [-0.2, -0.15) is 0 Å². The minimum Gasteiger partial charge on any atom is -0.270 e. The SMILES string of the molecule is O=P(c1ccccc1)(N1c2ccccc2Sc2ccccc21)N1c2ccccc2Sc2ccccc21. The van der Waals surface area contributed by atoms with E-state index in [2.05, 4.69) is 57.9 Å². The van der Waals surface area contributed by atoms with Gasteiger partial charge in [0.2, 0.25) is 0 Å². The summed E-state index contributed by atoms with van der Waals surface area (Å²) in [5.74, 6) is 0. The molecule has 0 unspecified atom stereocenters. The minimum atomic E-state index is -3.51. The van der Waals surface area contributed by atoms with Gasteiger partial charge < -0.3 is 0 Å². The second-order valence-electron chi connectivity index (χ2n) is 8.58. The number of para-hydroxylation sites is 4. The Labute approximate surface area is 219 Å². The van der Waals surface area contributed by atoms with E-state index < -0.39 is 7.44 Å². The summed E-state index contributed by atoms with van der Waals surface area (Å²) >= 11 is 3.46. The van der Waals surface area contributed by atoms with Crippen LogP contribution in [-0.4, -0.2) is 0 Å². The van der Waals surface area contributed by atoms with Crippen molar-refractivity contribution in [3.63, 3.8) is 0 Å². The number of hydrogen-bond donors (Lipinski definition) is 0. The van der Waals surface area contributed by atoms with Gasteiger partial charge in [0.25, 0.3) is 0 Å². The zero-order valence-electron chi connectivity index (χ0n) is 19.2. The Morgan fingerprint density at radius 2 is 0.722 bits per heavy atom. The lowest BCUT2D eigenvalue weighted by molar-refractivity contribution is 0.580. The van der Waals surface area contributed by atoms with Crippen LogP contribution in [0.1, 0.15) is 0 Å². The molecule has 6 heteroatoms. The molecule has 174 valence electrons. The molecule has 0 spiro atoms. The van der Waals surface area contributed by atoms with E-state index in [4.69, 9.17) is 0 Å². The van der Waals surface area contributed by atoms with E-state index >= 15 is 4.57 Å². The molecular formula is C30H21N2OPS2. The molecular weight excluding hydrogens is 499 g/mol. The van der Waals surface area contributed by atoms with Crippen LogP contribution >= 0.6 is 31.0 Å². The van der Waals surface area contributed by atoms with Crippen molar-refractivity contribution in [2.45, 2.75) is 19.6 Å². The van der Waals surface area contributed by atoms with E-state index in [1.807, 2.05) is 78.9 Å². The van der Waals surface area contributed by atoms with Crippen molar-refractivity contribution >= 4 is 59.0 Å². The van der Waals surface area contributed by atoms with Gasteiger partial charge in [0, 0.05) is 19.6 Å². The molecule has 0 bridgehead atoms. The molecule has 7 rings (SSSR count). The second-order valence-corrected chi connectivity index (χ2v) is 13.2. The Morgan fingerprint density at radius 3 is 1.08 bits per heavy atom. The van der Waals surface area contributed by atoms with E-state index in [-0.39, 0.29) is 0 Å². The summed E-state index contributed by atoms with van der Waals surface area (Å²) in [5, 5.41) is 0.790. The molecule has 0 aromatic heterocycles. The Hall–Kier alpha value is -3.37. The quantitative estimate of drug-likeness (QED) is 0.221. The van der Waals surface area contributed by atoms with Crippen molar-refractivity contribution in [3.05, 3.63) is 127 Å². The van der Waals surface area contributed by atoms with E-state index in [9.17, 15) is 0 Å². The van der Waals surface area contributed by atoms with Crippen molar-refractivity contribution in [1.29, 1.82) is 0 Å². The van der Waals surface area contributed by atoms with Crippen molar-refractivity contribution in [2.75, 3.05) is 9.34 Å². The molecule has 0 radical (unpaired) electrons. The first-order valence-electron chi connectivity index (χ1n) is 11.7. The fourth-order valence-corrected chi connectivity index (χ4v) is 10.4. The van der Waals surface area contributed by atoms with Crippen LogP contribution in [0.2, 0.25) is 0 Å². The minimum absolute atomic E-state index is 0.790. The van der Waals surface area contributed by atoms with Crippen LogP contribution in [0.5, 0.6) is 0 Å². The normalized spacial score (nSPS) is 13.9. The zero-order chi connectivity index (χ0) is 24.1. The molecule has 3 nitrogen and oxygen atoms in total. The van der Waals surface area contributed by atoms with E-state index in [0.717, 1.165) is 47.6 Å². The summed E-state index contributed by atoms with van der Waals surface area (Å²) < 4.78 is 20.4. The lowest BCUT2D eigenvalue weighted by Gasteiger charge is -2.46. The molecule has 0 saturated heterocycles. The summed E-state index contributed by atoms with van der Waals surface area (Å²) in [6.07, 6.45) is 0. The third-order valence-corrected chi connectivity index (χ3v) is 11.6. The number of hydrogen-bond acceptors (Lipinski definition) is 3. The molecule has 0 N–H and O–H groups in total. The molecule has 2 aliphatic rings. The summed E-state index contributed by atoms with van der Waals surface area (Å²) in [5.41, 5.74) is 3.84. The van der Waals surface area contributed by atoms with Gasteiger partial charge in [-0.3, -0.25) is 13.9 Å². The molecule has 36 heavy (non-hydrogen) atoms. The van der Waals surface area contributed by atoms with Gasteiger partial charge in [-0.15, -0.1) is 0 Å². The highest BCUT2D eigenvalue weighted by atomic mass is 32.2. The maximum Gasteiger partial charge on any atom is 0.301 e. The molecule has 0 fully saturated rings. The zero-order valence-corrected chi connectivity index (χ0v) is 21.7. The summed E-state index contributed by atoms with van der Waals surface area (Å²) in [6.45, 7) is 0. The number of nitrogens with zero attached hydrogens (tertiary/aromatic N) is 2. The van der Waals surface area contributed by atoms with Gasteiger partial charge in [-0.25, -0.2) is 0 Å². The predicted octanol–water partition coefficient (Wildman–Crippen LogP) is 9.11. The Morgan fingerprint density at radius 1 is 0.417 bits per heavy atom. The van der Waals surface area contributed by atoms with Crippen LogP contribution in [0.25, 0.3) is 0 Å². The van der Waals surface area contributed by atoms with Crippen molar-refractivity contribution < 1.29 is 4.57 Å². The Kier molecular flexibility index (Phi) is 5.25. The second kappa shape index (κ2) is 8.63. The van der Waals surface area contributed by atoms with Crippen LogP contribution < -0.4 is 14.6 Å². The van der Waals surface area contributed by atoms with Crippen LogP contribution in [0, 0.1) is 0 Å². The monoisotopic (exact) mass is 520 g/mol. The molecule has 0 aliphatic carbocycles. The maximum absolute atomic E-state index is 16.2. The lowest BCUT2D eigenvalue weighted by atomic mass is 10.2. The third kappa shape index (κ3) is 3.27. The molecule has 5 aromatic rings. The van der Waals surface area contributed by atoms with Crippen molar-refractivity contribution in [2.24, 2.45) is 0 Å². The summed E-state index contributed by atoms with van der Waals surface area (Å²) in [6, 6.07) is 43.1. The van der Waals surface area contributed by atoms with E-state index in [0.29, 0.717) is 0 Å². The van der Waals surface area contributed by atoms with Crippen LogP contribution in [0.3, 0.4) is 0 Å². The predicted molar refractivity (Wildman–Crippen MR) is 152 cm³/mol. The van der Waals surface area contributed by atoms with Crippen LogP contribution in [0.15, 0.2) is 147 Å². The highest BCUT2D eigenvalue weighted by Crippen LogP contribution is 2.69. The summed E-state index contributed by atoms with van der Waals surface area (Å²) in [4.78, 5) is 4.39. The van der Waals surface area contributed by atoms with Gasteiger partial charge in [0.15, 0.2) is 0 Å². The fourth-order valence-electron chi connectivity index (χ4n) is 4.90. The molecule has 0 saturated carbocycles. The van der Waals surface area contributed by atoms with Gasteiger partial charge in [-0.05, 0) is 60.7 Å². The Balaban J connectivity index is 1.60. The third-order valence-electron chi connectivity index (χ3n) is 6.45. The number of fused-ring (bicyclic) bond motifs is 4. The Bertz CT molecular complexity index is 1460. The summed E-state index contributed by atoms with van der Waals surface area (Å²) in [7, 11) is -3.51. The first-order valence-corrected chi connectivity index (χ1v) is 15.0. The van der Waals surface area contributed by atoms with Crippen LogP contribution in [0.4, 0.5) is 22.7 Å². The largest absolute Gasteiger partial charge is 0.301 e. The van der Waals surface area contributed by atoms with Crippen LogP contribution in [-0.2, 0) is 4.57 Å². The number of benzene rings is 5. The molecule has 2 heterocycles. The first kappa shape index (κ1) is 21.9. The van der Waals surface area contributed by atoms with E-state index in [1.165, 1.54) is 0 Å². The molecule has 0 atom stereocenters. The van der Waals surface area contributed by atoms with Gasteiger partial charge >= 0.3 is 7.44 Å². The van der Waals surface area contributed by atoms with Crippen molar-refractivity contribution in [3.8, 4) is 0 Å². The van der Waals surface area contributed by atoms with Gasteiger partial charge in [-0.1, -0.05) is 90.3 Å². The fraction of sp³-hybridized carbons (Fsp3) is 0. The number of rotatable bonds is 3. The molecule has 5 aromatic carbocycles. The average molecular weight is 521 g/mol. The molecule has 0 amide bonds. The molecule has 2 aliphatic heterocycles. The standard InChI is InChI=1S/C30H21N2OPS2/c33-34(22-12-2-1-3-13-22,31-23-14-4-8-18-27(23)35-28-19-9-5-15-24(28)31)32-25-16-6-10-20-29(25)36-30-21-11-7-17-26(30)32/h1-21H. The van der Waals surface area contributed by atoms with Crippen molar-refractivity contribution in [1.82, 2.24) is 0 Å².